The average Bonchev–Trinajstić information content (AvgIpc) is 3.96. The van der Waals surface area contributed by atoms with Gasteiger partial charge in [-0.1, -0.05) is 6.07 Å². The number of aliphatic imine (C=N–C) groups is 1. The fraction of sp³-hybridized carbons (Fsp3) is 0.434. The number of imide groups is 1. The van der Waals surface area contributed by atoms with Gasteiger partial charge >= 0.3 is 12.1 Å². The quantitative estimate of drug-likeness (QED) is 0.0256. The first-order valence-electron chi connectivity index (χ1n) is 25.0. The minimum absolute atomic E-state index is 0.0268. The summed E-state index contributed by atoms with van der Waals surface area (Å²) in [5, 5.41) is 46.4. The fourth-order valence-corrected chi connectivity index (χ4v) is 8.04. The third-order valence-corrected chi connectivity index (χ3v) is 12.5. The Morgan fingerprint density at radius 3 is 2.38 bits per heavy atom. The maximum Gasteiger partial charge on any atom is 0.410 e. The van der Waals surface area contributed by atoms with Crippen LogP contribution in [0.25, 0.3) is 16.8 Å². The van der Waals surface area contributed by atoms with Crippen molar-refractivity contribution in [1.29, 1.82) is 0 Å². The molecule has 2 aliphatic rings. The van der Waals surface area contributed by atoms with Gasteiger partial charge in [-0.3, -0.25) is 29.1 Å². The molecule has 5 amide bonds. The number of nitrogens with one attached hydrogen (secondary N) is 2. The number of hydrogen-bond donors (Lipinski definition) is 7. The van der Waals surface area contributed by atoms with Gasteiger partial charge in [-0.05, 0) is 68.3 Å². The van der Waals surface area contributed by atoms with Crippen molar-refractivity contribution in [2.24, 2.45) is 10.7 Å². The summed E-state index contributed by atoms with van der Waals surface area (Å²) in [4.78, 5) is 85.0. The van der Waals surface area contributed by atoms with Gasteiger partial charge in [-0.15, -0.1) is 0 Å². The maximum atomic E-state index is 15.5. The van der Waals surface area contributed by atoms with Crippen LogP contribution in [-0.2, 0) is 56.1 Å². The van der Waals surface area contributed by atoms with Gasteiger partial charge in [0.15, 0.2) is 17.7 Å². The van der Waals surface area contributed by atoms with E-state index in [4.69, 9.17) is 34.2 Å². The van der Waals surface area contributed by atoms with E-state index in [9.17, 15) is 53.6 Å². The highest BCUT2D eigenvalue weighted by molar-refractivity contribution is 6.12. The zero-order valence-electron chi connectivity index (χ0n) is 44.1. The number of carboxylic acids is 1. The van der Waals surface area contributed by atoms with Crippen LogP contribution in [-0.4, -0.2) is 171 Å². The number of pyridine rings is 1. The van der Waals surface area contributed by atoms with Gasteiger partial charge in [-0.2, -0.15) is 4.39 Å². The number of aliphatic carboxylic acids is 1. The van der Waals surface area contributed by atoms with E-state index >= 15 is 4.39 Å². The fourth-order valence-electron chi connectivity index (χ4n) is 8.04. The molecule has 4 heterocycles. The number of carboxylic acid groups (broad SMARTS) is 1. The Morgan fingerprint density at radius 1 is 0.962 bits per heavy atom. The molecule has 4 atom stereocenters. The van der Waals surface area contributed by atoms with Crippen molar-refractivity contribution in [3.8, 4) is 22.6 Å². The van der Waals surface area contributed by atoms with Gasteiger partial charge < -0.3 is 74.5 Å². The van der Waals surface area contributed by atoms with Crippen molar-refractivity contribution in [3.05, 3.63) is 101 Å². The normalized spacial score (nSPS) is 17.9. The Kier molecular flexibility index (Phi) is 21.1. The van der Waals surface area contributed by atoms with Crippen LogP contribution in [0.2, 0.25) is 0 Å². The molecule has 4 aromatic rings. The number of nitrogens with two attached hydrogens (primary N) is 1. The van der Waals surface area contributed by atoms with Crippen LogP contribution >= 0.6 is 0 Å². The van der Waals surface area contributed by atoms with Crippen LogP contribution < -0.4 is 25.8 Å². The zero-order valence-corrected chi connectivity index (χ0v) is 44.1. The maximum absolute atomic E-state index is 15.5. The topological polar surface area (TPSA) is 325 Å². The van der Waals surface area contributed by atoms with Crippen LogP contribution in [0.3, 0.4) is 0 Å². The third kappa shape index (κ3) is 16.3. The molecule has 26 heteroatoms. The molecular weight excluding hydrogens is 1040 g/mol. The number of aliphatic hydroxyl groups is 3. The van der Waals surface area contributed by atoms with Gasteiger partial charge in [0.1, 0.15) is 24.1 Å². The van der Waals surface area contributed by atoms with E-state index in [2.05, 4.69) is 20.6 Å². The van der Waals surface area contributed by atoms with E-state index in [1.807, 2.05) is 0 Å². The lowest BCUT2D eigenvalue weighted by Gasteiger charge is -2.35. The Bertz CT molecular complexity index is 2960. The van der Waals surface area contributed by atoms with E-state index in [1.165, 1.54) is 68.4 Å². The molecule has 2 aromatic carbocycles. The number of carbonyl (C=O) groups excluding carboxylic acids is 5. The number of carbonyl (C=O) groups is 6. The lowest BCUT2D eigenvalue weighted by molar-refractivity contribution is -0.238. The number of anilines is 1. The number of aromatic nitrogens is 2. The molecule has 0 unspecified atom stereocenters. The lowest BCUT2D eigenvalue weighted by Crippen LogP contribution is -2.52. The number of nitrogens with zero attached hydrogens (tertiary/aromatic N) is 5. The van der Waals surface area contributed by atoms with E-state index in [-0.39, 0.29) is 107 Å². The van der Waals surface area contributed by atoms with Crippen LogP contribution in [0.5, 0.6) is 11.5 Å². The van der Waals surface area contributed by atoms with E-state index in [0.717, 1.165) is 11.0 Å². The molecule has 24 nitrogen and oxygen atoms in total. The minimum Gasteiger partial charge on any atom is -0.489 e. The van der Waals surface area contributed by atoms with Crippen molar-refractivity contribution < 1.29 is 86.4 Å². The summed E-state index contributed by atoms with van der Waals surface area (Å²) in [6.07, 6.45) is -2.29. The van der Waals surface area contributed by atoms with Gasteiger partial charge in [0, 0.05) is 87.2 Å². The van der Waals surface area contributed by atoms with E-state index < -0.39 is 83.9 Å². The molecule has 6 rings (SSSR count). The predicted octanol–water partition coefficient (Wildman–Crippen LogP) is 2.98. The van der Waals surface area contributed by atoms with Crippen molar-refractivity contribution in [1.82, 2.24) is 24.5 Å². The Labute approximate surface area is 452 Å². The highest BCUT2D eigenvalue weighted by atomic mass is 19.2. The summed E-state index contributed by atoms with van der Waals surface area (Å²) >= 11 is 0. The van der Waals surface area contributed by atoms with Gasteiger partial charge in [0.25, 0.3) is 11.8 Å². The number of fused-ring (bicyclic) bond motifs is 1. The minimum atomic E-state index is -1.68. The van der Waals surface area contributed by atoms with Crippen LogP contribution in [0.15, 0.2) is 83.3 Å². The lowest BCUT2D eigenvalue weighted by atomic mass is 9.96. The second kappa shape index (κ2) is 27.6. The summed E-state index contributed by atoms with van der Waals surface area (Å²) < 4.78 is 65.3. The summed E-state index contributed by atoms with van der Waals surface area (Å²) in [6, 6.07) is 9.84. The van der Waals surface area contributed by atoms with Crippen molar-refractivity contribution >= 4 is 52.7 Å². The molecule has 0 saturated carbocycles. The number of ether oxygens (including phenoxy) is 6. The molecule has 2 aliphatic heterocycles. The van der Waals surface area contributed by atoms with E-state index in [1.54, 1.807) is 36.7 Å². The molecule has 0 bridgehead atoms. The first-order valence-corrected chi connectivity index (χ1v) is 25.0. The Morgan fingerprint density at radius 2 is 1.68 bits per heavy atom. The molecule has 1 saturated heterocycles. The van der Waals surface area contributed by atoms with Crippen molar-refractivity contribution in [3.63, 3.8) is 0 Å². The van der Waals surface area contributed by atoms with Gasteiger partial charge in [0.05, 0.1) is 75.4 Å². The molecule has 0 aliphatic carbocycles. The summed E-state index contributed by atoms with van der Waals surface area (Å²) in [5.41, 5.74) is 7.92. The number of rotatable bonds is 27. The molecule has 1 fully saturated rings. The molecule has 8 N–H and O–H groups in total. The number of halogens is 2. The van der Waals surface area contributed by atoms with Crippen LogP contribution in [0.4, 0.5) is 19.3 Å². The monoisotopic (exact) mass is 1110 g/mol. The molecule has 426 valence electrons. The SMILES string of the molecule is CN=C(C)C(CCOc1c(-c2ccc3ncc(CN(C)C(=O)OCc4ccc(O[C@@H]5O[C@H](C(=O)O)C[C@H](O)[C@H]5O)c(NC(=O)CCNC(=O)CCOCCOCCN5C(=O)C=CC5=O)c4)n3c2)ccc(F)c1F)=C(N)C(C)(C)O. The average molecular weight is 1110 g/mol. The zero-order chi connectivity index (χ0) is 57.6. The van der Waals surface area contributed by atoms with Crippen molar-refractivity contribution in [2.75, 3.05) is 65.5 Å². The standard InChI is InChI=1S/C53H64F2N8O16/c1-30(57-4)34(49(56)53(2,3)73)15-20-76-48-35(8-9-36(54)46(48)55)32-7-11-41-59-26-33(63(41)27-32)28-61(5)52(72)77-29-31-6-10-39(78-51-47(69)38(64)25-40(79-51)50(70)71)37(24-31)60-43(66)14-17-58-42(65)16-19-74-22-23-75-21-18-62-44(67)12-13-45(62)68/h6-13,24,26-27,38,40,47,51,64,69,73H,14-23,25,28-29,56H2,1-5H3,(H,58,65)(H,60,66)(H,70,71)/t38-,40-,47+,51+/m0/s1. The molecule has 0 spiro atoms. The number of benzene rings is 2. The molecule has 79 heavy (non-hydrogen) atoms. The summed E-state index contributed by atoms with van der Waals surface area (Å²) in [5.74, 6) is -6.11. The first kappa shape index (κ1) is 60.4. The third-order valence-electron chi connectivity index (χ3n) is 12.5. The van der Waals surface area contributed by atoms with E-state index in [0.29, 0.717) is 33.8 Å². The number of imidazole rings is 1. The first-order chi connectivity index (χ1) is 37.6. The van der Waals surface area contributed by atoms with Crippen LogP contribution in [0, 0.1) is 11.6 Å². The molecule has 0 radical (unpaired) electrons. The highest BCUT2D eigenvalue weighted by Gasteiger charge is 2.41. The second-order valence-corrected chi connectivity index (χ2v) is 18.8. The highest BCUT2D eigenvalue weighted by Crippen LogP contribution is 2.36. The number of aliphatic hydroxyl groups excluding tert-OH is 2. The Balaban J connectivity index is 1.06. The molecular formula is C53H64F2N8O16. The summed E-state index contributed by atoms with van der Waals surface area (Å²) in [7, 11) is 3.03. The number of amides is 5. The largest absolute Gasteiger partial charge is 0.489 e. The summed E-state index contributed by atoms with van der Waals surface area (Å²) in [6.45, 7) is 4.64. The van der Waals surface area contributed by atoms with Crippen molar-refractivity contribution in [2.45, 2.75) is 89.8 Å². The number of hydrogen-bond acceptors (Lipinski definition) is 18. The Hall–Kier alpha value is -7.88. The van der Waals surface area contributed by atoms with Gasteiger partial charge in [-0.25, -0.2) is 19.0 Å². The molecule has 2 aromatic heterocycles. The van der Waals surface area contributed by atoms with Gasteiger partial charge in [0.2, 0.25) is 23.9 Å². The predicted molar refractivity (Wildman–Crippen MR) is 277 cm³/mol. The smallest absolute Gasteiger partial charge is 0.410 e. The van der Waals surface area contributed by atoms with Crippen LogP contribution in [0.1, 0.15) is 57.7 Å². The second-order valence-electron chi connectivity index (χ2n) is 18.8.